The van der Waals surface area contributed by atoms with Crippen LogP contribution in [0.1, 0.15) is 0 Å². The highest BCUT2D eigenvalue weighted by Crippen LogP contribution is 2.28. The first-order chi connectivity index (χ1) is 9.02. The number of carboxylic acid groups (broad SMARTS) is 1. The second kappa shape index (κ2) is 5.12. The van der Waals surface area contributed by atoms with Crippen LogP contribution in [-0.2, 0) is 4.79 Å². The largest absolute Gasteiger partial charge is 0.478 e. The number of rotatable bonds is 3. The van der Waals surface area contributed by atoms with Gasteiger partial charge in [-0.15, -0.1) is 0 Å². The number of benzene rings is 1. The van der Waals surface area contributed by atoms with Crippen LogP contribution < -0.4 is 10.6 Å². The molecule has 0 saturated heterocycles. The molecule has 0 amide bonds. The molecule has 0 aliphatic heterocycles. The summed E-state index contributed by atoms with van der Waals surface area (Å²) in [7, 11) is 1.90. The minimum absolute atomic E-state index is 0.162. The molecular weight excluding hydrogens is 240 g/mol. The van der Waals surface area contributed by atoms with E-state index in [0.717, 1.165) is 11.4 Å². The molecule has 1 aliphatic rings. The van der Waals surface area contributed by atoms with Crippen molar-refractivity contribution in [1.82, 2.24) is 0 Å². The summed E-state index contributed by atoms with van der Waals surface area (Å²) in [5.41, 5.74) is 8.50. The minimum atomic E-state index is -1.01. The molecule has 1 aromatic rings. The Morgan fingerprint density at radius 1 is 1.32 bits per heavy atom. The Hall–Kier alpha value is -2.33. The average molecular weight is 256 g/mol. The number of allylic oxidation sites excluding steroid dienone is 2. The summed E-state index contributed by atoms with van der Waals surface area (Å²) in [4.78, 5) is 13.0. The summed E-state index contributed by atoms with van der Waals surface area (Å²) >= 11 is 0. The Kier molecular flexibility index (Phi) is 3.53. The van der Waals surface area contributed by atoms with E-state index in [-0.39, 0.29) is 5.57 Å². The van der Waals surface area contributed by atoms with Gasteiger partial charge in [0.25, 0.3) is 0 Å². The maximum atomic E-state index is 11.0. The van der Waals surface area contributed by atoms with E-state index in [1.165, 1.54) is 6.08 Å². The number of carboxylic acids is 1. The standard InChI is InChI=1S/C15H16N2O2/c1-10-13(9-8-12(14(10)16)15(18)19)17(2)11-6-4-3-5-7-11/h3-9,14H,1,16H2,2H3,(H,18,19). The summed E-state index contributed by atoms with van der Waals surface area (Å²) in [6, 6.07) is 9.08. The van der Waals surface area contributed by atoms with E-state index in [1.54, 1.807) is 6.08 Å². The van der Waals surface area contributed by atoms with E-state index >= 15 is 0 Å². The van der Waals surface area contributed by atoms with Gasteiger partial charge in [-0.1, -0.05) is 24.8 Å². The van der Waals surface area contributed by atoms with Gasteiger partial charge in [0, 0.05) is 18.4 Å². The third kappa shape index (κ3) is 2.44. The SMILES string of the molecule is C=C1C(N(C)c2ccccc2)=CC=C(C(=O)O)C1N. The Bertz CT molecular complexity index is 573. The molecule has 0 spiro atoms. The zero-order chi connectivity index (χ0) is 14.0. The highest BCUT2D eigenvalue weighted by Gasteiger charge is 2.26. The monoisotopic (exact) mass is 256 g/mol. The first-order valence-corrected chi connectivity index (χ1v) is 5.91. The third-order valence-electron chi connectivity index (χ3n) is 3.21. The van der Waals surface area contributed by atoms with Crippen molar-refractivity contribution in [2.45, 2.75) is 6.04 Å². The average Bonchev–Trinajstić information content (AvgIpc) is 2.41. The van der Waals surface area contributed by atoms with Crippen LogP contribution in [0.15, 0.2) is 65.9 Å². The first kappa shape index (κ1) is 13.1. The van der Waals surface area contributed by atoms with Gasteiger partial charge >= 0.3 is 5.97 Å². The highest BCUT2D eigenvalue weighted by molar-refractivity contribution is 5.90. The number of nitrogens with zero attached hydrogens (tertiary/aromatic N) is 1. The summed E-state index contributed by atoms with van der Waals surface area (Å²) < 4.78 is 0. The van der Waals surface area contributed by atoms with E-state index < -0.39 is 12.0 Å². The van der Waals surface area contributed by atoms with Gasteiger partial charge in [0.2, 0.25) is 0 Å². The first-order valence-electron chi connectivity index (χ1n) is 5.91. The highest BCUT2D eigenvalue weighted by atomic mass is 16.4. The lowest BCUT2D eigenvalue weighted by atomic mass is 9.92. The molecule has 0 saturated carbocycles. The van der Waals surface area contributed by atoms with Crippen LogP contribution in [0.5, 0.6) is 0 Å². The fourth-order valence-corrected chi connectivity index (χ4v) is 2.05. The molecule has 3 N–H and O–H groups in total. The number of aliphatic carboxylic acids is 1. The number of likely N-dealkylation sites (N-methyl/N-ethyl adjacent to an activating group) is 1. The Morgan fingerprint density at radius 2 is 1.95 bits per heavy atom. The van der Waals surface area contributed by atoms with Crippen molar-refractivity contribution >= 4 is 11.7 Å². The summed E-state index contributed by atoms with van der Waals surface area (Å²) in [6.45, 7) is 3.92. The van der Waals surface area contributed by atoms with E-state index in [4.69, 9.17) is 10.8 Å². The molecule has 98 valence electrons. The van der Waals surface area contributed by atoms with Gasteiger partial charge < -0.3 is 15.7 Å². The molecule has 4 heteroatoms. The number of hydrogen-bond acceptors (Lipinski definition) is 3. The molecule has 19 heavy (non-hydrogen) atoms. The predicted octanol–water partition coefficient (Wildman–Crippen LogP) is 1.91. The Labute approximate surface area is 112 Å². The van der Waals surface area contributed by atoms with Gasteiger partial charge in [0.05, 0.1) is 11.6 Å². The van der Waals surface area contributed by atoms with Crippen molar-refractivity contribution in [1.29, 1.82) is 0 Å². The molecule has 0 heterocycles. The van der Waals surface area contributed by atoms with Crippen molar-refractivity contribution in [3.8, 4) is 0 Å². The lowest BCUT2D eigenvalue weighted by Crippen LogP contribution is -2.35. The molecule has 0 fully saturated rings. The molecule has 0 radical (unpaired) electrons. The molecule has 2 rings (SSSR count). The van der Waals surface area contributed by atoms with Crippen LogP contribution in [0.4, 0.5) is 5.69 Å². The van der Waals surface area contributed by atoms with E-state index in [1.807, 2.05) is 42.3 Å². The van der Waals surface area contributed by atoms with E-state index in [2.05, 4.69) is 6.58 Å². The van der Waals surface area contributed by atoms with Gasteiger partial charge in [-0.05, 0) is 29.9 Å². The molecular formula is C15H16N2O2. The fourth-order valence-electron chi connectivity index (χ4n) is 2.05. The van der Waals surface area contributed by atoms with Gasteiger partial charge in [-0.2, -0.15) is 0 Å². The molecule has 4 nitrogen and oxygen atoms in total. The van der Waals surface area contributed by atoms with Crippen molar-refractivity contribution in [2.75, 3.05) is 11.9 Å². The number of anilines is 1. The van der Waals surface area contributed by atoms with Crippen LogP contribution in [0.2, 0.25) is 0 Å². The Balaban J connectivity index is 2.36. The van der Waals surface area contributed by atoms with E-state index in [0.29, 0.717) is 5.57 Å². The van der Waals surface area contributed by atoms with Crippen molar-refractivity contribution < 1.29 is 9.90 Å². The molecule has 0 bridgehead atoms. The molecule has 1 unspecified atom stereocenters. The third-order valence-corrected chi connectivity index (χ3v) is 3.21. The summed E-state index contributed by atoms with van der Waals surface area (Å²) in [6.07, 6.45) is 3.28. The lowest BCUT2D eigenvalue weighted by molar-refractivity contribution is -0.132. The van der Waals surface area contributed by atoms with Gasteiger partial charge in [-0.25, -0.2) is 4.79 Å². The van der Waals surface area contributed by atoms with Crippen LogP contribution in [0, 0.1) is 0 Å². The topological polar surface area (TPSA) is 66.6 Å². The molecule has 1 atom stereocenters. The maximum Gasteiger partial charge on any atom is 0.333 e. The normalized spacial score (nSPS) is 18.6. The predicted molar refractivity (Wildman–Crippen MR) is 75.8 cm³/mol. The zero-order valence-corrected chi connectivity index (χ0v) is 10.7. The quantitative estimate of drug-likeness (QED) is 0.867. The van der Waals surface area contributed by atoms with Crippen molar-refractivity contribution in [3.05, 3.63) is 65.9 Å². The molecule has 1 aromatic carbocycles. The minimum Gasteiger partial charge on any atom is -0.478 e. The van der Waals surface area contributed by atoms with Gasteiger partial charge in [0.1, 0.15) is 0 Å². The maximum absolute atomic E-state index is 11.0. The second-order valence-corrected chi connectivity index (χ2v) is 4.38. The van der Waals surface area contributed by atoms with Crippen LogP contribution in [0.25, 0.3) is 0 Å². The van der Waals surface area contributed by atoms with Crippen LogP contribution in [-0.4, -0.2) is 24.2 Å². The Morgan fingerprint density at radius 3 is 2.53 bits per heavy atom. The summed E-state index contributed by atoms with van der Waals surface area (Å²) in [5, 5.41) is 9.04. The van der Waals surface area contributed by atoms with Crippen LogP contribution in [0.3, 0.4) is 0 Å². The van der Waals surface area contributed by atoms with Gasteiger partial charge in [0.15, 0.2) is 0 Å². The second-order valence-electron chi connectivity index (χ2n) is 4.38. The smallest absolute Gasteiger partial charge is 0.333 e. The fraction of sp³-hybridized carbons (Fsp3) is 0.133. The molecule has 1 aliphatic carbocycles. The number of nitrogens with two attached hydrogens (primary N) is 1. The lowest BCUT2D eigenvalue weighted by Gasteiger charge is -2.29. The number of para-hydroxylation sites is 1. The van der Waals surface area contributed by atoms with Crippen molar-refractivity contribution in [2.24, 2.45) is 5.73 Å². The number of carbonyl (C=O) groups is 1. The summed E-state index contributed by atoms with van der Waals surface area (Å²) in [5.74, 6) is -1.01. The number of hydrogen-bond donors (Lipinski definition) is 2. The van der Waals surface area contributed by atoms with Crippen LogP contribution >= 0.6 is 0 Å². The zero-order valence-electron chi connectivity index (χ0n) is 10.7. The molecule has 0 aromatic heterocycles. The van der Waals surface area contributed by atoms with E-state index in [9.17, 15) is 4.79 Å². The van der Waals surface area contributed by atoms with Crippen molar-refractivity contribution in [3.63, 3.8) is 0 Å². The van der Waals surface area contributed by atoms with Gasteiger partial charge in [-0.3, -0.25) is 0 Å².